The van der Waals surface area contributed by atoms with Crippen molar-refractivity contribution in [2.75, 3.05) is 105 Å². The van der Waals surface area contributed by atoms with Gasteiger partial charge in [0.05, 0.1) is 46.1 Å². The second-order valence-corrected chi connectivity index (χ2v) is 21.0. The van der Waals surface area contributed by atoms with E-state index in [9.17, 15) is 23.5 Å². The Morgan fingerprint density at radius 3 is 0.889 bits per heavy atom. The second kappa shape index (κ2) is 23.1. The summed E-state index contributed by atoms with van der Waals surface area (Å²) in [6.07, 6.45) is 0. The van der Waals surface area contributed by atoms with Crippen LogP contribution in [-0.4, -0.2) is 165 Å². The van der Waals surface area contributed by atoms with Gasteiger partial charge in [-0.3, -0.25) is 43.1 Å². The molecule has 0 bridgehead atoms. The molecule has 0 N–H and O–H groups in total. The largest absolute Gasteiger partial charge is 0.459 e. The quantitative estimate of drug-likeness (QED) is 0.102. The van der Waals surface area contributed by atoms with Gasteiger partial charge in [-0.1, -0.05) is 0 Å². The minimum Gasteiger partial charge on any atom is -0.459 e. The van der Waals surface area contributed by atoms with Gasteiger partial charge in [-0.25, -0.2) is 0 Å². The zero-order valence-corrected chi connectivity index (χ0v) is 37.3. The normalized spacial score (nSPS) is 17.5. The van der Waals surface area contributed by atoms with Crippen molar-refractivity contribution in [3.63, 3.8) is 0 Å². The van der Waals surface area contributed by atoms with Gasteiger partial charge in [0.2, 0.25) is 0 Å². The van der Waals surface area contributed by atoms with Crippen molar-refractivity contribution < 1.29 is 55.8 Å². The minimum atomic E-state index is -4.08. The molecule has 318 valence electrons. The van der Waals surface area contributed by atoms with E-state index >= 15 is 0 Å². The van der Waals surface area contributed by atoms with E-state index in [1.54, 1.807) is 69.2 Å². The predicted octanol–water partition coefficient (Wildman–Crippen LogP) is 5.09. The summed E-state index contributed by atoms with van der Waals surface area (Å²) in [5.74, 6) is -1.20. The lowest BCUT2D eigenvalue weighted by atomic mass is 10.2. The Morgan fingerprint density at radius 1 is 0.463 bits per heavy atom. The monoisotopic (exact) mass is 814 g/mol. The maximum absolute atomic E-state index is 14.5. The molecule has 1 heterocycles. The third kappa shape index (κ3) is 20.6. The van der Waals surface area contributed by atoms with Gasteiger partial charge in [0, 0.05) is 58.9 Å². The molecule has 1 saturated heterocycles. The van der Waals surface area contributed by atoms with E-state index in [0.29, 0.717) is 52.4 Å². The van der Waals surface area contributed by atoms with E-state index in [-0.39, 0.29) is 58.6 Å². The molecular weight excluding hydrogens is 742 g/mol. The molecule has 0 aromatic heterocycles. The fourth-order valence-electron chi connectivity index (χ4n) is 5.65. The number of esters is 3. The smallest absolute Gasteiger partial charge is 0.347 e. The summed E-state index contributed by atoms with van der Waals surface area (Å²) < 4.78 is 68.9. The molecule has 18 heteroatoms. The van der Waals surface area contributed by atoms with Gasteiger partial charge in [0.15, 0.2) is 5.40 Å². The third-order valence-corrected chi connectivity index (χ3v) is 13.6. The Bertz CT molecular complexity index is 1160. The van der Waals surface area contributed by atoms with Crippen molar-refractivity contribution in [2.24, 2.45) is 0 Å². The summed E-state index contributed by atoms with van der Waals surface area (Å²) in [5, 5.41) is -1.29. The molecule has 0 atom stereocenters. The highest BCUT2D eigenvalue weighted by molar-refractivity contribution is 7.72. The summed E-state index contributed by atoms with van der Waals surface area (Å²) in [4.78, 5) is 47.0. The Hall–Kier alpha value is -1.45. The maximum atomic E-state index is 14.5. The van der Waals surface area contributed by atoms with E-state index < -0.39 is 49.3 Å². The van der Waals surface area contributed by atoms with Gasteiger partial charge in [-0.05, 0) is 90.0 Å². The molecule has 0 radical (unpaired) electrons. The number of hydrogen-bond acceptors (Lipinski definition) is 16. The summed E-state index contributed by atoms with van der Waals surface area (Å²) in [6, 6.07) is 0. The van der Waals surface area contributed by atoms with Crippen LogP contribution in [0.4, 0.5) is 0 Å². The van der Waals surface area contributed by atoms with Crippen LogP contribution in [0.1, 0.15) is 90.0 Å². The molecule has 1 rings (SSSR count). The first-order valence-electron chi connectivity index (χ1n) is 19.2. The van der Waals surface area contributed by atoms with Gasteiger partial charge in [0.1, 0.15) is 16.8 Å². The average molecular weight is 815 g/mol. The summed E-state index contributed by atoms with van der Waals surface area (Å²) in [7, 11) is -8.16. The van der Waals surface area contributed by atoms with E-state index in [4.69, 9.17) is 32.3 Å². The highest BCUT2D eigenvalue weighted by atomic mass is 31.2. The van der Waals surface area contributed by atoms with Crippen molar-refractivity contribution >= 4 is 33.1 Å². The maximum Gasteiger partial charge on any atom is 0.347 e. The first kappa shape index (κ1) is 50.6. The zero-order chi connectivity index (χ0) is 41.4. The molecule has 0 aromatic rings. The number of ether oxygens (including phenoxy) is 3. The minimum absolute atomic E-state index is 0.0138. The molecule has 0 aromatic carbocycles. The topological polar surface area (TPSA) is 163 Å². The van der Waals surface area contributed by atoms with Crippen LogP contribution in [0.15, 0.2) is 0 Å². The van der Waals surface area contributed by atoms with Gasteiger partial charge in [-0.2, -0.15) is 0 Å². The molecule has 1 aliphatic rings. The summed E-state index contributed by atoms with van der Waals surface area (Å²) in [6.45, 7) is 26.0. The fraction of sp³-hybridized carbons (Fsp3) is 0.917. The molecule has 0 amide bonds. The van der Waals surface area contributed by atoms with Crippen LogP contribution < -0.4 is 0 Å². The van der Waals surface area contributed by atoms with Crippen LogP contribution >= 0.6 is 15.2 Å². The number of carbonyl (C=O) groups excluding carboxylic acids is 3. The van der Waals surface area contributed by atoms with Crippen molar-refractivity contribution in [2.45, 2.75) is 112 Å². The van der Waals surface area contributed by atoms with Crippen LogP contribution in [0.2, 0.25) is 0 Å². The molecule has 1 aliphatic heterocycles. The molecule has 16 nitrogen and oxygen atoms in total. The SMILES string of the molecule is CCOP(=O)(OCC)C(CN1CCN(CC(=O)OC(C)(C)C)CCN(CC(=O)OC(C)(C)C)CCN(CC(=O)OC(C)(C)C)CC1)P(=O)(OCC)OCC. The molecule has 0 unspecified atom stereocenters. The lowest BCUT2D eigenvalue weighted by molar-refractivity contribution is -0.158. The van der Waals surface area contributed by atoms with E-state index in [0.717, 1.165) is 0 Å². The first-order valence-corrected chi connectivity index (χ1v) is 22.4. The lowest BCUT2D eigenvalue weighted by Gasteiger charge is -2.37. The van der Waals surface area contributed by atoms with Crippen molar-refractivity contribution in [1.82, 2.24) is 19.6 Å². The fourth-order valence-corrected chi connectivity index (χ4v) is 11.0. The van der Waals surface area contributed by atoms with Gasteiger partial charge < -0.3 is 32.3 Å². The molecule has 54 heavy (non-hydrogen) atoms. The molecular formula is C36H72N4O12P2. The average Bonchev–Trinajstić information content (AvgIpc) is 2.98. The number of hydrogen-bond donors (Lipinski definition) is 0. The van der Waals surface area contributed by atoms with Crippen LogP contribution in [0.3, 0.4) is 0 Å². The van der Waals surface area contributed by atoms with Crippen LogP contribution in [0, 0.1) is 0 Å². The van der Waals surface area contributed by atoms with E-state index in [1.165, 1.54) is 0 Å². The van der Waals surface area contributed by atoms with Crippen LogP contribution in [0.25, 0.3) is 0 Å². The second-order valence-electron chi connectivity index (χ2n) is 16.1. The third-order valence-electron chi connectivity index (χ3n) is 7.64. The molecule has 0 spiro atoms. The zero-order valence-electron chi connectivity index (χ0n) is 35.5. The van der Waals surface area contributed by atoms with Crippen LogP contribution in [0.5, 0.6) is 0 Å². The predicted molar refractivity (Wildman–Crippen MR) is 209 cm³/mol. The molecule has 0 aliphatic carbocycles. The highest BCUT2D eigenvalue weighted by Gasteiger charge is 2.51. The number of rotatable bonds is 18. The van der Waals surface area contributed by atoms with Gasteiger partial charge in [-0.15, -0.1) is 0 Å². The lowest BCUT2D eigenvalue weighted by Crippen LogP contribution is -2.50. The highest BCUT2D eigenvalue weighted by Crippen LogP contribution is 2.70. The Morgan fingerprint density at radius 2 is 0.685 bits per heavy atom. The summed E-state index contributed by atoms with van der Waals surface area (Å²) in [5.41, 5.74) is -2.05. The first-order chi connectivity index (χ1) is 24.9. The van der Waals surface area contributed by atoms with Crippen molar-refractivity contribution in [3.05, 3.63) is 0 Å². The Balaban J connectivity index is 3.69. The van der Waals surface area contributed by atoms with E-state index in [1.807, 2.05) is 40.4 Å². The Labute approximate surface area is 325 Å². The van der Waals surface area contributed by atoms with E-state index in [2.05, 4.69) is 0 Å². The standard InChI is InChI=1S/C36H72N4O12P2/c1-14-46-53(44,47-15-2)33(54(45,48-16-3)49-17-4)29-40-24-22-38(27-31(42)51-35(8,9)10)20-18-37(26-30(41)50-34(5,6)7)19-21-39(23-25-40)28-32(43)52-36(11,12)13/h33H,14-29H2,1-13H3. The molecule has 0 saturated carbocycles. The Kier molecular flexibility index (Phi) is 21.6. The molecule has 1 fully saturated rings. The summed E-state index contributed by atoms with van der Waals surface area (Å²) >= 11 is 0. The van der Waals surface area contributed by atoms with Gasteiger partial charge in [0.25, 0.3) is 0 Å². The number of carbonyl (C=O) groups is 3. The van der Waals surface area contributed by atoms with Crippen molar-refractivity contribution in [1.29, 1.82) is 0 Å². The van der Waals surface area contributed by atoms with Crippen LogP contribution in [-0.2, 0) is 55.8 Å². The number of nitrogens with zero attached hydrogens (tertiary/aromatic N) is 4. The van der Waals surface area contributed by atoms with Crippen molar-refractivity contribution in [3.8, 4) is 0 Å². The van der Waals surface area contributed by atoms with Gasteiger partial charge >= 0.3 is 33.1 Å².